The molecule has 1 N–H and O–H groups in total. The minimum atomic E-state index is -0.0908. The fourth-order valence-electron chi connectivity index (χ4n) is 1.32. The number of carbonyl (C=O) groups is 2. The van der Waals surface area contributed by atoms with Crippen LogP contribution in [-0.4, -0.2) is 45.8 Å². The maximum Gasteiger partial charge on any atom is 0.233 e. The summed E-state index contributed by atoms with van der Waals surface area (Å²) >= 11 is 2.63. The molecule has 0 saturated carbocycles. The van der Waals surface area contributed by atoms with E-state index in [-0.39, 0.29) is 11.8 Å². The summed E-state index contributed by atoms with van der Waals surface area (Å²) in [5.41, 5.74) is 0. The molecule has 106 valence electrons. The molecule has 0 aromatic carbocycles. The largest absolute Gasteiger partial charge is 0.343 e. The number of amides is 2. The molecule has 1 rings (SSSR count). The van der Waals surface area contributed by atoms with Crippen molar-refractivity contribution in [1.82, 2.24) is 15.1 Å². The van der Waals surface area contributed by atoms with Crippen LogP contribution in [0.2, 0.25) is 0 Å². The van der Waals surface area contributed by atoms with Gasteiger partial charge in [0.05, 0.1) is 5.75 Å². The second-order valence-corrected chi connectivity index (χ2v) is 5.83. The number of anilines is 1. The van der Waals surface area contributed by atoms with E-state index in [4.69, 9.17) is 0 Å². The lowest BCUT2D eigenvalue weighted by atomic mass is 10.5. The van der Waals surface area contributed by atoms with Crippen molar-refractivity contribution in [3.63, 3.8) is 0 Å². The minimum Gasteiger partial charge on any atom is -0.343 e. The molecule has 0 radical (unpaired) electrons. The predicted octanol–water partition coefficient (Wildman–Crippen LogP) is 1.85. The summed E-state index contributed by atoms with van der Waals surface area (Å²) in [4.78, 5) is 24.8. The fraction of sp³-hybridized carbons (Fsp3) is 0.636. The molecule has 0 atom stereocenters. The van der Waals surface area contributed by atoms with E-state index in [9.17, 15) is 9.59 Å². The van der Waals surface area contributed by atoms with Crippen LogP contribution in [0.15, 0.2) is 4.34 Å². The van der Waals surface area contributed by atoms with E-state index in [1.165, 1.54) is 23.1 Å². The molecule has 1 aromatic rings. The first-order chi connectivity index (χ1) is 9.10. The van der Waals surface area contributed by atoms with Crippen LogP contribution in [0.1, 0.15) is 27.2 Å². The number of rotatable bonds is 7. The highest BCUT2D eigenvalue weighted by molar-refractivity contribution is 8.01. The molecule has 0 unspecified atom stereocenters. The zero-order valence-corrected chi connectivity index (χ0v) is 12.9. The molecular formula is C11H18N4O2S2. The van der Waals surface area contributed by atoms with E-state index in [0.717, 1.165) is 0 Å². The molecule has 1 aromatic heterocycles. The standard InChI is InChI=1S/C11H18N4O2S2/c1-4-8(16)12-10-13-14-11(19-10)18-7-9(17)15(5-2)6-3/h4-7H2,1-3H3,(H,12,13,16). The molecule has 6 nitrogen and oxygen atoms in total. The van der Waals surface area contributed by atoms with Crippen molar-refractivity contribution in [2.24, 2.45) is 0 Å². The Morgan fingerprint density at radius 3 is 2.53 bits per heavy atom. The highest BCUT2D eigenvalue weighted by Gasteiger charge is 2.12. The molecule has 0 bridgehead atoms. The second-order valence-electron chi connectivity index (χ2n) is 3.63. The van der Waals surface area contributed by atoms with Gasteiger partial charge >= 0.3 is 0 Å². The van der Waals surface area contributed by atoms with Crippen molar-refractivity contribution in [1.29, 1.82) is 0 Å². The first-order valence-corrected chi connectivity index (χ1v) is 7.94. The number of thioether (sulfide) groups is 1. The molecule has 0 saturated heterocycles. The number of carbonyl (C=O) groups excluding carboxylic acids is 2. The van der Waals surface area contributed by atoms with Crippen LogP contribution < -0.4 is 5.32 Å². The van der Waals surface area contributed by atoms with Crippen molar-refractivity contribution in [2.45, 2.75) is 31.5 Å². The van der Waals surface area contributed by atoms with Gasteiger partial charge in [-0.25, -0.2) is 0 Å². The van der Waals surface area contributed by atoms with Crippen LogP contribution in [0.4, 0.5) is 5.13 Å². The third kappa shape index (κ3) is 5.15. The topological polar surface area (TPSA) is 75.2 Å². The number of hydrogen-bond donors (Lipinski definition) is 1. The van der Waals surface area contributed by atoms with Crippen LogP contribution in [0.3, 0.4) is 0 Å². The van der Waals surface area contributed by atoms with Gasteiger partial charge < -0.3 is 10.2 Å². The molecule has 8 heteroatoms. The molecular weight excluding hydrogens is 284 g/mol. The van der Waals surface area contributed by atoms with E-state index in [1.807, 2.05) is 13.8 Å². The van der Waals surface area contributed by atoms with Crippen molar-refractivity contribution >= 4 is 40.0 Å². The van der Waals surface area contributed by atoms with Gasteiger partial charge in [0.2, 0.25) is 16.9 Å². The number of nitrogens with one attached hydrogen (secondary N) is 1. The van der Waals surface area contributed by atoms with E-state index in [0.29, 0.717) is 34.7 Å². The van der Waals surface area contributed by atoms with Gasteiger partial charge in [-0.05, 0) is 13.8 Å². The van der Waals surface area contributed by atoms with Crippen LogP contribution in [0.25, 0.3) is 0 Å². The molecule has 0 aliphatic heterocycles. The summed E-state index contributed by atoms with van der Waals surface area (Å²) in [6.45, 7) is 7.10. The summed E-state index contributed by atoms with van der Waals surface area (Å²) in [6, 6.07) is 0. The first-order valence-electron chi connectivity index (χ1n) is 6.14. The van der Waals surface area contributed by atoms with Gasteiger partial charge in [0, 0.05) is 19.5 Å². The minimum absolute atomic E-state index is 0.0874. The zero-order chi connectivity index (χ0) is 14.3. The molecule has 2 amide bonds. The Morgan fingerprint density at radius 1 is 1.26 bits per heavy atom. The monoisotopic (exact) mass is 302 g/mol. The summed E-state index contributed by atoms with van der Waals surface area (Å²) < 4.78 is 0.687. The lowest BCUT2D eigenvalue weighted by molar-refractivity contribution is -0.128. The Labute approximate surface area is 121 Å². The Hall–Kier alpha value is -1.15. The SMILES string of the molecule is CCC(=O)Nc1nnc(SCC(=O)N(CC)CC)s1. The summed E-state index contributed by atoms with van der Waals surface area (Å²) in [7, 11) is 0. The third-order valence-electron chi connectivity index (χ3n) is 2.41. The Morgan fingerprint density at radius 2 is 1.95 bits per heavy atom. The number of aromatic nitrogens is 2. The Bertz CT molecular complexity index is 432. The molecule has 0 aliphatic carbocycles. The van der Waals surface area contributed by atoms with Gasteiger partial charge in [-0.15, -0.1) is 10.2 Å². The maximum absolute atomic E-state index is 11.8. The maximum atomic E-state index is 11.8. The van der Waals surface area contributed by atoms with Crippen molar-refractivity contribution in [3.8, 4) is 0 Å². The van der Waals surface area contributed by atoms with Crippen molar-refractivity contribution < 1.29 is 9.59 Å². The Balaban J connectivity index is 2.46. The average Bonchev–Trinajstić information content (AvgIpc) is 2.85. The van der Waals surface area contributed by atoms with Crippen LogP contribution in [0.5, 0.6) is 0 Å². The lowest BCUT2D eigenvalue weighted by Gasteiger charge is -2.17. The van der Waals surface area contributed by atoms with E-state index in [1.54, 1.807) is 11.8 Å². The number of hydrogen-bond acceptors (Lipinski definition) is 6. The molecule has 19 heavy (non-hydrogen) atoms. The van der Waals surface area contributed by atoms with Crippen molar-refractivity contribution in [2.75, 3.05) is 24.2 Å². The second kappa shape index (κ2) is 8.11. The first kappa shape index (κ1) is 15.9. The van der Waals surface area contributed by atoms with Gasteiger partial charge in [-0.2, -0.15) is 0 Å². The van der Waals surface area contributed by atoms with Crippen molar-refractivity contribution in [3.05, 3.63) is 0 Å². The van der Waals surface area contributed by atoms with Gasteiger partial charge in [-0.1, -0.05) is 30.0 Å². The molecule has 0 fully saturated rings. The normalized spacial score (nSPS) is 10.3. The molecule has 1 heterocycles. The van der Waals surface area contributed by atoms with Gasteiger partial charge in [-0.3, -0.25) is 9.59 Å². The van der Waals surface area contributed by atoms with Gasteiger partial charge in [0.15, 0.2) is 4.34 Å². The van der Waals surface area contributed by atoms with Crippen LogP contribution >= 0.6 is 23.1 Å². The third-order valence-corrected chi connectivity index (χ3v) is 4.37. The van der Waals surface area contributed by atoms with E-state index < -0.39 is 0 Å². The quantitative estimate of drug-likeness (QED) is 0.614. The number of nitrogens with zero attached hydrogens (tertiary/aromatic N) is 3. The fourth-order valence-corrected chi connectivity index (χ4v) is 2.99. The highest BCUT2D eigenvalue weighted by Crippen LogP contribution is 2.25. The summed E-state index contributed by atoms with van der Waals surface area (Å²) in [6.07, 6.45) is 0.405. The smallest absolute Gasteiger partial charge is 0.233 e. The predicted molar refractivity (Wildman–Crippen MR) is 77.5 cm³/mol. The van der Waals surface area contributed by atoms with Gasteiger partial charge in [0.25, 0.3) is 0 Å². The zero-order valence-electron chi connectivity index (χ0n) is 11.3. The van der Waals surface area contributed by atoms with E-state index in [2.05, 4.69) is 15.5 Å². The molecule has 0 spiro atoms. The molecule has 0 aliphatic rings. The highest BCUT2D eigenvalue weighted by atomic mass is 32.2. The summed E-state index contributed by atoms with van der Waals surface area (Å²) in [5, 5.41) is 10.9. The Kier molecular flexibility index (Phi) is 6.79. The lowest BCUT2D eigenvalue weighted by Crippen LogP contribution is -2.31. The van der Waals surface area contributed by atoms with E-state index >= 15 is 0 Å². The average molecular weight is 302 g/mol. The summed E-state index contributed by atoms with van der Waals surface area (Å²) in [5.74, 6) is 0.342. The van der Waals surface area contributed by atoms with Gasteiger partial charge in [0.1, 0.15) is 0 Å². The van der Waals surface area contributed by atoms with Crippen LogP contribution in [-0.2, 0) is 9.59 Å². The van der Waals surface area contributed by atoms with Crippen LogP contribution in [0, 0.1) is 0 Å².